The zero-order chi connectivity index (χ0) is 12.1. The molecule has 0 saturated carbocycles. The van der Waals surface area contributed by atoms with Crippen LogP contribution in [0.15, 0.2) is 0 Å². The molecule has 0 bridgehead atoms. The molecule has 16 heavy (non-hydrogen) atoms. The van der Waals surface area contributed by atoms with Crippen LogP contribution >= 0.6 is 0 Å². The molecule has 0 radical (unpaired) electrons. The highest BCUT2D eigenvalue weighted by molar-refractivity contribution is 4.81. The van der Waals surface area contributed by atoms with Crippen molar-refractivity contribution in [1.29, 1.82) is 0 Å². The van der Waals surface area contributed by atoms with Crippen molar-refractivity contribution in [3.63, 3.8) is 0 Å². The maximum absolute atomic E-state index is 5.47. The summed E-state index contributed by atoms with van der Waals surface area (Å²) in [6.45, 7) is 11.5. The molecular formula is C15H30O. The molecule has 0 aliphatic carbocycles. The van der Waals surface area contributed by atoms with Crippen molar-refractivity contribution < 1.29 is 4.74 Å². The first-order valence-corrected chi connectivity index (χ1v) is 7.11. The highest BCUT2D eigenvalue weighted by atomic mass is 16.5. The third kappa shape index (κ3) is 4.08. The molecule has 1 heterocycles. The lowest BCUT2D eigenvalue weighted by Crippen LogP contribution is -2.28. The van der Waals surface area contributed by atoms with E-state index in [2.05, 4.69) is 27.7 Å². The lowest BCUT2D eigenvalue weighted by Gasteiger charge is -2.37. The predicted molar refractivity (Wildman–Crippen MR) is 70.7 cm³/mol. The van der Waals surface area contributed by atoms with Gasteiger partial charge in [0, 0.05) is 13.2 Å². The number of hydrogen-bond acceptors (Lipinski definition) is 1. The molecule has 1 aliphatic heterocycles. The lowest BCUT2D eigenvalue weighted by molar-refractivity contribution is 0.0124. The molecule has 1 unspecified atom stereocenters. The van der Waals surface area contributed by atoms with Crippen molar-refractivity contribution in [2.75, 3.05) is 13.2 Å². The van der Waals surface area contributed by atoms with Gasteiger partial charge in [0.15, 0.2) is 0 Å². The van der Waals surface area contributed by atoms with Crippen molar-refractivity contribution >= 4 is 0 Å². The van der Waals surface area contributed by atoms with E-state index in [1.165, 1.54) is 44.9 Å². The van der Waals surface area contributed by atoms with E-state index in [0.29, 0.717) is 10.8 Å². The summed E-state index contributed by atoms with van der Waals surface area (Å²) in [6, 6.07) is 0. The topological polar surface area (TPSA) is 9.23 Å². The minimum absolute atomic E-state index is 0.558. The Labute approximate surface area is 102 Å². The highest BCUT2D eigenvalue weighted by Gasteiger charge is 2.30. The maximum atomic E-state index is 5.47. The minimum Gasteiger partial charge on any atom is -0.381 e. The van der Waals surface area contributed by atoms with Crippen LogP contribution < -0.4 is 0 Å². The van der Waals surface area contributed by atoms with Crippen LogP contribution in [-0.4, -0.2) is 13.2 Å². The van der Waals surface area contributed by atoms with E-state index in [9.17, 15) is 0 Å². The van der Waals surface area contributed by atoms with E-state index >= 15 is 0 Å². The number of rotatable bonds is 6. The minimum atomic E-state index is 0.558. The molecular weight excluding hydrogens is 196 g/mol. The van der Waals surface area contributed by atoms with Gasteiger partial charge in [-0.3, -0.25) is 0 Å². The molecule has 0 spiro atoms. The van der Waals surface area contributed by atoms with Crippen molar-refractivity contribution in [2.45, 2.75) is 72.6 Å². The Balaban J connectivity index is 2.41. The SMILES string of the molecule is CCCC(C)(CC)CCC1(C)CCOCC1. The van der Waals surface area contributed by atoms with Crippen LogP contribution in [0.3, 0.4) is 0 Å². The first kappa shape index (κ1) is 14.0. The van der Waals surface area contributed by atoms with Crippen LogP contribution in [0.2, 0.25) is 0 Å². The predicted octanol–water partition coefficient (Wildman–Crippen LogP) is 4.80. The van der Waals surface area contributed by atoms with Crippen LogP contribution in [0.4, 0.5) is 0 Å². The van der Waals surface area contributed by atoms with Gasteiger partial charge in [-0.2, -0.15) is 0 Å². The van der Waals surface area contributed by atoms with Gasteiger partial charge < -0.3 is 4.74 Å². The summed E-state index contributed by atoms with van der Waals surface area (Å²) < 4.78 is 5.47. The van der Waals surface area contributed by atoms with Gasteiger partial charge in [-0.15, -0.1) is 0 Å². The van der Waals surface area contributed by atoms with E-state index in [1.54, 1.807) is 0 Å². The van der Waals surface area contributed by atoms with Crippen LogP contribution in [0.5, 0.6) is 0 Å². The zero-order valence-corrected chi connectivity index (χ0v) is 11.8. The average Bonchev–Trinajstić information content (AvgIpc) is 2.28. The van der Waals surface area contributed by atoms with Gasteiger partial charge >= 0.3 is 0 Å². The molecule has 1 atom stereocenters. The summed E-state index contributed by atoms with van der Waals surface area (Å²) in [5.74, 6) is 0. The van der Waals surface area contributed by atoms with Crippen LogP contribution in [-0.2, 0) is 4.74 Å². The quantitative estimate of drug-likeness (QED) is 0.632. The van der Waals surface area contributed by atoms with Gasteiger partial charge in [0.05, 0.1) is 0 Å². The molecule has 0 aromatic rings. The fraction of sp³-hybridized carbons (Fsp3) is 1.00. The second-order valence-electron chi connectivity index (χ2n) is 6.34. The van der Waals surface area contributed by atoms with Crippen LogP contribution in [0.25, 0.3) is 0 Å². The fourth-order valence-corrected chi connectivity index (χ4v) is 2.80. The average molecular weight is 226 g/mol. The fourth-order valence-electron chi connectivity index (χ4n) is 2.80. The summed E-state index contributed by atoms with van der Waals surface area (Å²) in [4.78, 5) is 0. The lowest BCUT2D eigenvalue weighted by atomic mass is 9.71. The zero-order valence-electron chi connectivity index (χ0n) is 11.8. The van der Waals surface area contributed by atoms with Gasteiger partial charge in [0.1, 0.15) is 0 Å². The van der Waals surface area contributed by atoms with Crippen molar-refractivity contribution in [1.82, 2.24) is 0 Å². The highest BCUT2D eigenvalue weighted by Crippen LogP contribution is 2.41. The Morgan fingerprint density at radius 1 is 1.12 bits per heavy atom. The number of ether oxygens (including phenoxy) is 1. The Kier molecular flexibility index (Phi) is 5.30. The maximum Gasteiger partial charge on any atom is 0.0471 e. The Bertz CT molecular complexity index is 184. The van der Waals surface area contributed by atoms with E-state index < -0.39 is 0 Å². The summed E-state index contributed by atoms with van der Waals surface area (Å²) >= 11 is 0. The van der Waals surface area contributed by atoms with Gasteiger partial charge in [-0.25, -0.2) is 0 Å². The van der Waals surface area contributed by atoms with E-state index in [4.69, 9.17) is 4.74 Å². The molecule has 1 fully saturated rings. The van der Waals surface area contributed by atoms with E-state index in [1.807, 2.05) is 0 Å². The van der Waals surface area contributed by atoms with Crippen molar-refractivity contribution in [2.24, 2.45) is 10.8 Å². The second kappa shape index (κ2) is 6.05. The molecule has 1 heteroatoms. The molecule has 96 valence electrons. The molecule has 1 rings (SSSR count). The second-order valence-corrected chi connectivity index (χ2v) is 6.34. The van der Waals surface area contributed by atoms with Gasteiger partial charge in [0.25, 0.3) is 0 Å². The molecule has 1 nitrogen and oxygen atoms in total. The molecule has 1 aliphatic rings. The van der Waals surface area contributed by atoms with Crippen molar-refractivity contribution in [3.05, 3.63) is 0 Å². The molecule has 0 aromatic heterocycles. The third-order valence-corrected chi connectivity index (χ3v) is 4.74. The summed E-state index contributed by atoms with van der Waals surface area (Å²) in [7, 11) is 0. The molecule has 0 aromatic carbocycles. The van der Waals surface area contributed by atoms with E-state index in [-0.39, 0.29) is 0 Å². The summed E-state index contributed by atoms with van der Waals surface area (Å²) in [5.41, 5.74) is 1.14. The van der Waals surface area contributed by atoms with Crippen molar-refractivity contribution in [3.8, 4) is 0 Å². The van der Waals surface area contributed by atoms with Crippen LogP contribution in [0, 0.1) is 10.8 Å². The van der Waals surface area contributed by atoms with E-state index in [0.717, 1.165) is 13.2 Å². The van der Waals surface area contributed by atoms with Gasteiger partial charge in [0.2, 0.25) is 0 Å². The first-order valence-electron chi connectivity index (χ1n) is 7.11. The normalized spacial score (nSPS) is 24.0. The molecule has 0 amide bonds. The number of hydrogen-bond donors (Lipinski definition) is 0. The molecule has 1 saturated heterocycles. The Hall–Kier alpha value is -0.0400. The Morgan fingerprint density at radius 2 is 1.75 bits per heavy atom. The smallest absolute Gasteiger partial charge is 0.0471 e. The first-order chi connectivity index (χ1) is 7.54. The van der Waals surface area contributed by atoms with Gasteiger partial charge in [-0.05, 0) is 42.9 Å². The summed E-state index contributed by atoms with van der Waals surface area (Å²) in [6.07, 6.45) is 9.35. The third-order valence-electron chi connectivity index (χ3n) is 4.74. The largest absolute Gasteiger partial charge is 0.381 e. The van der Waals surface area contributed by atoms with Crippen LogP contribution in [0.1, 0.15) is 72.6 Å². The standard InChI is InChI=1S/C15H30O/c1-5-7-14(3,6-2)8-9-15(4)10-12-16-13-11-15/h5-13H2,1-4H3. The molecule has 0 N–H and O–H groups in total. The summed E-state index contributed by atoms with van der Waals surface area (Å²) in [5, 5.41) is 0. The van der Waals surface area contributed by atoms with Gasteiger partial charge in [-0.1, -0.05) is 40.5 Å². The monoisotopic (exact) mass is 226 g/mol. The Morgan fingerprint density at radius 3 is 2.25 bits per heavy atom.